The normalized spacial score (nSPS) is 20.6. The van der Waals surface area contributed by atoms with E-state index in [9.17, 15) is 20.3 Å². The number of halogens is 1. The van der Waals surface area contributed by atoms with Gasteiger partial charge in [0.1, 0.15) is 17.5 Å². The average molecular weight is 704 g/mol. The molecule has 0 saturated carbocycles. The largest absolute Gasteiger partial charge is 0.481 e. The van der Waals surface area contributed by atoms with Gasteiger partial charge in [0.25, 0.3) is 0 Å². The lowest BCUT2D eigenvalue weighted by Crippen LogP contribution is -2.26. The van der Waals surface area contributed by atoms with Crippen LogP contribution in [0.1, 0.15) is 53.3 Å². The SMILES string of the molecule is COc1nc(-c2cccc(-c3cccc(-c4cc5cc6c(c(C#N)c5o4)CC[C@H]6N4CC[C@@H](C(=O)O)C4)c3C)c2Cl)cnc1CN1CC[C@@H](O)C1. The zero-order chi connectivity index (χ0) is 35.4. The molecule has 3 aromatic carbocycles. The maximum atomic E-state index is 11.6. The number of nitriles is 1. The van der Waals surface area contributed by atoms with Crippen LogP contribution in [0.15, 0.2) is 59.1 Å². The standard InChI is InChI=1S/C40H38ClN5O5/c1-22-26(29-7-4-8-30(37(29)41)33-18-43-34(39(44-33)50-2)21-45-13-12-25(47)20-45)5-3-6-27(22)36-16-24-15-31-28(32(17-42)38(24)51-36)9-10-35(31)46-14-11-23(19-46)40(48)49/h3-8,15-16,18,23,25,35,47H,9-14,19-21H2,1-2H3,(H,48,49)/t23-,25-,35-/m1/s1. The summed E-state index contributed by atoms with van der Waals surface area (Å²) in [4.78, 5) is 25.5. The number of aromatic nitrogens is 2. The van der Waals surface area contributed by atoms with Gasteiger partial charge in [-0.05, 0) is 73.5 Å². The summed E-state index contributed by atoms with van der Waals surface area (Å²) in [5.74, 6) is -0.00195. The minimum Gasteiger partial charge on any atom is -0.481 e. The van der Waals surface area contributed by atoms with Crippen LogP contribution in [-0.2, 0) is 17.8 Å². The average Bonchev–Trinajstić information content (AvgIpc) is 3.94. The zero-order valence-electron chi connectivity index (χ0n) is 28.5. The number of hydrogen-bond acceptors (Lipinski definition) is 9. The molecule has 2 aliphatic heterocycles. The Balaban J connectivity index is 1.12. The number of rotatable bonds is 8. The number of nitrogens with zero attached hydrogens (tertiary/aromatic N) is 5. The van der Waals surface area contributed by atoms with E-state index in [0.717, 1.165) is 76.7 Å². The second-order valence-corrected chi connectivity index (χ2v) is 14.2. The van der Waals surface area contributed by atoms with Crippen molar-refractivity contribution in [3.8, 4) is 45.7 Å². The molecular formula is C40H38ClN5O5. The maximum Gasteiger partial charge on any atom is 0.307 e. The molecule has 11 heteroatoms. The van der Waals surface area contributed by atoms with Gasteiger partial charge in [0, 0.05) is 54.3 Å². The van der Waals surface area contributed by atoms with E-state index < -0.39 is 5.97 Å². The van der Waals surface area contributed by atoms with Crippen molar-refractivity contribution in [1.29, 1.82) is 5.26 Å². The molecule has 10 nitrogen and oxygen atoms in total. The number of carboxylic acid groups (broad SMARTS) is 1. The van der Waals surface area contributed by atoms with Crippen LogP contribution in [0.2, 0.25) is 5.02 Å². The lowest BCUT2D eigenvalue weighted by atomic mass is 9.93. The Bertz CT molecular complexity index is 2230. The van der Waals surface area contributed by atoms with E-state index in [1.54, 1.807) is 13.3 Å². The highest BCUT2D eigenvalue weighted by molar-refractivity contribution is 6.36. The number of aliphatic carboxylic acids is 1. The molecular weight excluding hydrogens is 666 g/mol. The molecule has 0 unspecified atom stereocenters. The van der Waals surface area contributed by atoms with Crippen LogP contribution in [0.5, 0.6) is 5.88 Å². The van der Waals surface area contributed by atoms with E-state index in [1.807, 2.05) is 49.4 Å². The highest BCUT2D eigenvalue weighted by Crippen LogP contribution is 2.45. The van der Waals surface area contributed by atoms with Crippen molar-refractivity contribution in [3.05, 3.63) is 87.7 Å². The van der Waals surface area contributed by atoms with Crippen LogP contribution < -0.4 is 4.74 Å². The van der Waals surface area contributed by atoms with E-state index in [1.165, 1.54) is 0 Å². The van der Waals surface area contributed by atoms with Crippen molar-refractivity contribution in [1.82, 2.24) is 19.8 Å². The molecule has 1 aliphatic carbocycles. The van der Waals surface area contributed by atoms with Crippen molar-refractivity contribution in [2.75, 3.05) is 33.3 Å². The first-order valence-electron chi connectivity index (χ1n) is 17.4. The van der Waals surface area contributed by atoms with Crippen LogP contribution in [0.4, 0.5) is 0 Å². The Labute approximate surface area is 300 Å². The van der Waals surface area contributed by atoms with Gasteiger partial charge in [-0.2, -0.15) is 5.26 Å². The predicted octanol–water partition coefficient (Wildman–Crippen LogP) is 7.03. The van der Waals surface area contributed by atoms with E-state index in [-0.39, 0.29) is 18.1 Å². The summed E-state index contributed by atoms with van der Waals surface area (Å²) in [6, 6.07) is 18.6. The molecule has 2 saturated heterocycles. The minimum absolute atomic E-state index is 0.0960. The summed E-state index contributed by atoms with van der Waals surface area (Å²) < 4.78 is 12.1. The Kier molecular flexibility index (Phi) is 8.76. The molecule has 0 amide bonds. The van der Waals surface area contributed by atoms with E-state index in [0.29, 0.717) is 65.3 Å². The topological polar surface area (TPSA) is 136 Å². The Morgan fingerprint density at radius 3 is 2.59 bits per heavy atom. The van der Waals surface area contributed by atoms with Crippen LogP contribution in [0.25, 0.3) is 44.7 Å². The number of fused-ring (bicyclic) bond motifs is 2. The van der Waals surface area contributed by atoms with Crippen molar-refractivity contribution in [2.45, 2.75) is 51.3 Å². The van der Waals surface area contributed by atoms with Gasteiger partial charge < -0.3 is 19.4 Å². The Hall–Kier alpha value is -4.79. The molecule has 51 heavy (non-hydrogen) atoms. The van der Waals surface area contributed by atoms with Crippen LogP contribution in [0, 0.1) is 24.2 Å². The first-order valence-corrected chi connectivity index (χ1v) is 17.8. The lowest BCUT2D eigenvalue weighted by Gasteiger charge is -2.24. The fourth-order valence-electron chi connectivity index (χ4n) is 8.25. The van der Waals surface area contributed by atoms with E-state index >= 15 is 0 Å². The van der Waals surface area contributed by atoms with Crippen LogP contribution in [0.3, 0.4) is 0 Å². The van der Waals surface area contributed by atoms with Gasteiger partial charge >= 0.3 is 5.97 Å². The van der Waals surface area contributed by atoms with Gasteiger partial charge in [-0.15, -0.1) is 0 Å². The van der Waals surface area contributed by atoms with Crippen molar-refractivity contribution in [2.24, 2.45) is 5.92 Å². The highest BCUT2D eigenvalue weighted by Gasteiger charge is 2.37. The molecule has 3 aliphatic rings. The number of hydrogen-bond donors (Lipinski definition) is 2. The fourth-order valence-corrected chi connectivity index (χ4v) is 8.57. The molecule has 8 rings (SSSR count). The molecule has 2 N–H and O–H groups in total. The van der Waals surface area contributed by atoms with Gasteiger partial charge in [0.2, 0.25) is 5.88 Å². The summed E-state index contributed by atoms with van der Waals surface area (Å²) >= 11 is 7.15. The molecule has 0 bridgehead atoms. The molecule has 0 spiro atoms. The molecule has 5 aromatic rings. The van der Waals surface area contributed by atoms with Crippen molar-refractivity contribution >= 4 is 28.5 Å². The summed E-state index contributed by atoms with van der Waals surface area (Å²) in [5, 5.41) is 31.2. The van der Waals surface area contributed by atoms with Gasteiger partial charge in [-0.1, -0.05) is 48.0 Å². The number of aliphatic hydroxyl groups is 1. The monoisotopic (exact) mass is 703 g/mol. The zero-order valence-corrected chi connectivity index (χ0v) is 29.3. The number of methoxy groups -OCH3 is 1. The molecule has 260 valence electrons. The van der Waals surface area contributed by atoms with Gasteiger partial charge in [-0.25, -0.2) is 4.98 Å². The number of ether oxygens (including phenoxy) is 1. The first-order chi connectivity index (χ1) is 24.7. The van der Waals surface area contributed by atoms with Gasteiger partial charge in [-0.3, -0.25) is 19.6 Å². The number of β-amino-alcohol motifs (C(OH)–C–C–N with tert-alkyl or cyclic N) is 1. The van der Waals surface area contributed by atoms with E-state index in [2.05, 4.69) is 21.9 Å². The maximum absolute atomic E-state index is 11.6. The quantitative estimate of drug-likeness (QED) is 0.173. The van der Waals surface area contributed by atoms with Crippen molar-refractivity contribution in [3.63, 3.8) is 0 Å². The first kappa shape index (κ1) is 33.4. The van der Waals surface area contributed by atoms with Crippen LogP contribution in [-0.4, -0.2) is 75.3 Å². The summed E-state index contributed by atoms with van der Waals surface area (Å²) in [7, 11) is 1.58. The predicted molar refractivity (Wildman–Crippen MR) is 193 cm³/mol. The molecule has 0 radical (unpaired) electrons. The third-order valence-electron chi connectivity index (χ3n) is 10.9. The summed E-state index contributed by atoms with van der Waals surface area (Å²) in [5.41, 5.74) is 8.94. The lowest BCUT2D eigenvalue weighted by molar-refractivity contribution is -0.141. The minimum atomic E-state index is -0.743. The Morgan fingerprint density at radius 2 is 1.86 bits per heavy atom. The number of carboxylic acids is 1. The van der Waals surface area contributed by atoms with Crippen LogP contribution >= 0.6 is 11.6 Å². The highest BCUT2D eigenvalue weighted by atomic mass is 35.5. The molecule has 2 fully saturated rings. The second kappa shape index (κ2) is 13.4. The smallest absolute Gasteiger partial charge is 0.307 e. The number of likely N-dealkylation sites (tertiary alicyclic amines) is 2. The summed E-state index contributed by atoms with van der Waals surface area (Å²) in [6.07, 6.45) is 4.41. The van der Waals surface area contributed by atoms with E-state index in [4.69, 9.17) is 30.7 Å². The third kappa shape index (κ3) is 5.94. The molecule has 3 atom stereocenters. The third-order valence-corrected chi connectivity index (χ3v) is 11.3. The molecule has 4 heterocycles. The molecule has 2 aromatic heterocycles. The fraction of sp³-hybridized carbons (Fsp3) is 0.350. The number of carbonyl (C=O) groups is 1. The number of aliphatic hydroxyl groups excluding tert-OH is 1. The van der Waals surface area contributed by atoms with Gasteiger partial charge in [0.05, 0.1) is 41.6 Å². The Morgan fingerprint density at radius 1 is 1.08 bits per heavy atom. The van der Waals surface area contributed by atoms with Gasteiger partial charge in [0.15, 0.2) is 5.58 Å². The second-order valence-electron chi connectivity index (χ2n) is 13.9. The number of furan rings is 1. The van der Waals surface area contributed by atoms with Crippen molar-refractivity contribution < 1.29 is 24.2 Å². The summed E-state index contributed by atoms with van der Waals surface area (Å²) in [6.45, 7) is 5.25. The number of benzene rings is 3.